The smallest absolute Gasteiger partial charge is 0.232 e. The van der Waals surface area contributed by atoms with E-state index >= 15 is 0 Å². The van der Waals surface area contributed by atoms with Gasteiger partial charge in [-0.25, -0.2) is 4.57 Å². The molecule has 150 valence electrons. The lowest BCUT2D eigenvalue weighted by Gasteiger charge is -2.14. The van der Waals surface area contributed by atoms with Crippen LogP contribution in [0.4, 0.5) is 3.89 Å². The van der Waals surface area contributed by atoms with Gasteiger partial charge in [-0.05, 0) is 41.5 Å². The molecule has 3 rings (SSSR count). The lowest BCUT2D eigenvalue weighted by molar-refractivity contribution is -0.659. The van der Waals surface area contributed by atoms with Crippen molar-refractivity contribution in [2.24, 2.45) is 7.05 Å². The van der Waals surface area contributed by atoms with Gasteiger partial charge in [0.2, 0.25) is 0 Å². The normalized spacial score (nSPS) is 10.7. The molecule has 0 N–H and O–H groups in total. The lowest BCUT2D eigenvalue weighted by atomic mass is 9.96. The fraction of sp³-hybridized carbons (Fsp3) is 0.375. The molecule has 4 heteroatoms. The Balaban J connectivity index is 0.000000878. The number of halogens is 1. The predicted molar refractivity (Wildman–Crippen MR) is 120 cm³/mol. The molecule has 0 aliphatic rings. The molecule has 0 radical (unpaired) electrons. The Hall–Kier alpha value is -2.07. The van der Waals surface area contributed by atoms with Gasteiger partial charge < -0.3 is 0 Å². The molecular weight excluding hydrogens is 367 g/mol. The van der Waals surface area contributed by atoms with E-state index in [1.807, 2.05) is 0 Å². The van der Waals surface area contributed by atoms with Gasteiger partial charge in [-0.3, -0.25) is 0 Å². The molecule has 0 saturated carbocycles. The second-order valence-electron chi connectivity index (χ2n) is 7.13. The quantitative estimate of drug-likeness (QED) is 0.448. The molecule has 3 aromatic rings. The van der Waals surface area contributed by atoms with E-state index in [2.05, 4.69) is 98.7 Å². The SMILES string of the molecule is CCc1cccc(CC)c1-n1cc[n+](C)c1-c1ccccc1C(C)C.CSF. The van der Waals surface area contributed by atoms with Gasteiger partial charge in [0.15, 0.2) is 0 Å². The summed E-state index contributed by atoms with van der Waals surface area (Å²) in [7, 11) is 2.14. The maximum Gasteiger partial charge on any atom is 0.294 e. The summed E-state index contributed by atoms with van der Waals surface area (Å²) in [4.78, 5) is 0. The van der Waals surface area contributed by atoms with Crippen LogP contribution in [0.5, 0.6) is 0 Å². The third kappa shape index (κ3) is 4.67. The number of benzene rings is 2. The summed E-state index contributed by atoms with van der Waals surface area (Å²) in [6, 6.07) is 15.5. The second-order valence-corrected chi connectivity index (χ2v) is 7.44. The first-order valence-corrected chi connectivity index (χ1v) is 11.0. The van der Waals surface area contributed by atoms with Crippen LogP contribution < -0.4 is 4.57 Å². The number of hydrogen-bond acceptors (Lipinski definition) is 1. The summed E-state index contributed by atoms with van der Waals surface area (Å²) in [5.41, 5.74) is 6.86. The van der Waals surface area contributed by atoms with Crippen molar-refractivity contribution in [1.29, 1.82) is 0 Å². The highest BCUT2D eigenvalue weighted by molar-refractivity contribution is 7.93. The van der Waals surface area contributed by atoms with Gasteiger partial charge in [-0.2, -0.15) is 8.45 Å². The van der Waals surface area contributed by atoms with E-state index in [0.717, 1.165) is 12.8 Å². The minimum absolute atomic E-state index is 0.250. The van der Waals surface area contributed by atoms with Gasteiger partial charge >= 0.3 is 0 Å². The zero-order valence-corrected chi connectivity index (χ0v) is 18.7. The molecule has 1 aromatic heterocycles. The fourth-order valence-electron chi connectivity index (χ4n) is 3.71. The van der Waals surface area contributed by atoms with Crippen molar-refractivity contribution in [3.63, 3.8) is 0 Å². The van der Waals surface area contributed by atoms with E-state index in [4.69, 9.17) is 0 Å². The van der Waals surface area contributed by atoms with Crippen molar-refractivity contribution in [3.05, 3.63) is 71.5 Å². The molecule has 0 saturated heterocycles. The monoisotopic (exact) mass is 399 g/mol. The summed E-state index contributed by atoms with van der Waals surface area (Å²) >= 11 is 0.250. The van der Waals surface area contributed by atoms with Gasteiger partial charge in [0, 0.05) is 18.4 Å². The average molecular weight is 400 g/mol. The molecule has 0 aliphatic carbocycles. The van der Waals surface area contributed by atoms with Crippen molar-refractivity contribution in [1.82, 2.24) is 4.57 Å². The summed E-state index contributed by atoms with van der Waals surface area (Å²) in [5.74, 6) is 1.74. The van der Waals surface area contributed by atoms with Crippen LogP contribution in [0.15, 0.2) is 54.9 Å². The van der Waals surface area contributed by atoms with Crippen molar-refractivity contribution >= 4 is 12.1 Å². The number of para-hydroxylation sites is 1. The molecule has 0 bridgehead atoms. The Morgan fingerprint density at radius 3 is 2.11 bits per heavy atom. The Morgan fingerprint density at radius 2 is 1.57 bits per heavy atom. The standard InChI is InChI=1S/C23H29N2.CH3FS/c1-6-18-11-10-12-19(7-2)22(18)25-16-15-24(5)23(25)21-14-9-8-13-20(21)17(3)4;1-3-2/h8-17H,6-7H2,1-5H3;1H3/q+1;. The van der Waals surface area contributed by atoms with Crippen LogP contribution in [-0.2, 0) is 19.9 Å². The third-order valence-corrected chi connectivity index (χ3v) is 5.03. The number of aromatic nitrogens is 2. The maximum atomic E-state index is 10.2. The zero-order valence-electron chi connectivity index (χ0n) is 17.9. The average Bonchev–Trinajstić information content (AvgIpc) is 3.08. The Morgan fingerprint density at radius 1 is 1.00 bits per heavy atom. The Bertz CT molecular complexity index is 877. The van der Waals surface area contributed by atoms with Crippen LogP contribution in [0.25, 0.3) is 17.1 Å². The first kappa shape index (κ1) is 22.2. The minimum Gasteiger partial charge on any atom is -0.232 e. The van der Waals surface area contributed by atoms with E-state index in [1.165, 1.54) is 40.0 Å². The summed E-state index contributed by atoms with van der Waals surface area (Å²) in [6.07, 6.45) is 7.82. The van der Waals surface area contributed by atoms with E-state index < -0.39 is 0 Å². The number of hydrogen-bond donors (Lipinski definition) is 0. The van der Waals surface area contributed by atoms with Crippen molar-refractivity contribution in [2.45, 2.75) is 46.5 Å². The topological polar surface area (TPSA) is 8.81 Å². The number of nitrogens with zero attached hydrogens (tertiary/aromatic N) is 2. The van der Waals surface area contributed by atoms with Gasteiger partial charge in [0.1, 0.15) is 18.1 Å². The highest BCUT2D eigenvalue weighted by Crippen LogP contribution is 2.31. The second kappa shape index (κ2) is 10.5. The molecule has 28 heavy (non-hydrogen) atoms. The zero-order chi connectivity index (χ0) is 20.7. The molecule has 0 atom stereocenters. The van der Waals surface area contributed by atoms with Crippen LogP contribution in [-0.4, -0.2) is 10.8 Å². The number of aryl methyl sites for hydroxylation is 3. The molecule has 1 heterocycles. The summed E-state index contributed by atoms with van der Waals surface area (Å²) in [6.45, 7) is 9.01. The highest BCUT2D eigenvalue weighted by atomic mass is 32.2. The largest absolute Gasteiger partial charge is 0.294 e. The molecule has 0 fully saturated rings. The van der Waals surface area contributed by atoms with E-state index in [9.17, 15) is 3.89 Å². The summed E-state index contributed by atoms with van der Waals surface area (Å²) < 4.78 is 14.8. The maximum absolute atomic E-state index is 10.2. The molecule has 0 unspecified atom stereocenters. The molecule has 0 spiro atoms. The van der Waals surface area contributed by atoms with E-state index in [-0.39, 0.29) is 12.1 Å². The molecule has 2 nitrogen and oxygen atoms in total. The minimum atomic E-state index is 0.250. The molecule has 2 aromatic carbocycles. The number of imidazole rings is 1. The van der Waals surface area contributed by atoms with E-state index in [1.54, 1.807) is 0 Å². The molecular formula is C24H32FN2S+. The van der Waals surface area contributed by atoms with Crippen LogP contribution in [0, 0.1) is 0 Å². The first-order valence-electron chi connectivity index (χ1n) is 9.92. The Labute approximate surface area is 173 Å². The highest BCUT2D eigenvalue weighted by Gasteiger charge is 2.25. The van der Waals surface area contributed by atoms with Crippen molar-refractivity contribution in [3.8, 4) is 17.1 Å². The van der Waals surface area contributed by atoms with Crippen molar-refractivity contribution < 1.29 is 8.45 Å². The molecule has 0 amide bonds. The Kier molecular flexibility index (Phi) is 8.31. The van der Waals surface area contributed by atoms with Gasteiger partial charge in [0.25, 0.3) is 5.82 Å². The lowest BCUT2D eigenvalue weighted by Crippen LogP contribution is -2.29. The van der Waals surface area contributed by atoms with Crippen LogP contribution in [0.2, 0.25) is 0 Å². The van der Waals surface area contributed by atoms with Crippen LogP contribution in [0.3, 0.4) is 0 Å². The van der Waals surface area contributed by atoms with E-state index in [0.29, 0.717) is 5.92 Å². The van der Waals surface area contributed by atoms with Crippen LogP contribution >= 0.6 is 12.1 Å². The van der Waals surface area contributed by atoms with Gasteiger partial charge in [-0.15, -0.1) is 0 Å². The first-order chi connectivity index (χ1) is 13.5. The number of rotatable bonds is 5. The van der Waals surface area contributed by atoms with Crippen molar-refractivity contribution in [2.75, 3.05) is 6.26 Å². The molecule has 0 aliphatic heterocycles. The van der Waals surface area contributed by atoms with Gasteiger partial charge in [-0.1, -0.05) is 64.1 Å². The van der Waals surface area contributed by atoms with Crippen LogP contribution in [0.1, 0.15) is 50.3 Å². The predicted octanol–water partition coefficient (Wildman–Crippen LogP) is 6.45. The summed E-state index contributed by atoms with van der Waals surface area (Å²) in [5, 5.41) is 0. The fourth-order valence-corrected chi connectivity index (χ4v) is 3.71. The van der Waals surface area contributed by atoms with Gasteiger partial charge in [0.05, 0.1) is 12.6 Å². The third-order valence-electron chi connectivity index (χ3n) is 5.03.